The number of non-ortho nitro benzene ring substituents is 1. The molecule has 2 atom stereocenters. The monoisotopic (exact) mass is 615 g/mol. The Bertz CT molecular complexity index is 1410. The highest BCUT2D eigenvalue weighted by atomic mass is 32.2. The first kappa shape index (κ1) is 32.6. The summed E-state index contributed by atoms with van der Waals surface area (Å²) in [6, 6.07) is 10.2. The summed E-state index contributed by atoms with van der Waals surface area (Å²) in [7, 11) is -2.17. The molecule has 0 saturated carbocycles. The van der Waals surface area contributed by atoms with Gasteiger partial charge in [-0.2, -0.15) is 0 Å². The number of nitro groups is 1. The molecule has 1 aliphatic rings. The number of likely N-dealkylation sites (tertiary alicyclic amines) is 1. The largest absolute Gasteiger partial charge is 0.454 e. The van der Waals surface area contributed by atoms with E-state index in [2.05, 4.69) is 33.9 Å². The molecule has 2 N–H and O–H groups in total. The molecule has 0 unspecified atom stereocenters. The smallest absolute Gasteiger partial charge is 0.397 e. The van der Waals surface area contributed by atoms with Crippen molar-refractivity contribution in [3.05, 3.63) is 75.3 Å². The molecule has 2 aromatic rings. The zero-order valence-electron chi connectivity index (χ0n) is 23.9. The number of carbonyl (C=O) groups is 5. The van der Waals surface area contributed by atoms with Crippen LogP contribution in [0.25, 0.3) is 0 Å². The Morgan fingerprint density at radius 3 is 2.26 bits per heavy atom. The van der Waals surface area contributed by atoms with Gasteiger partial charge in [0.2, 0.25) is 16.9 Å². The lowest BCUT2D eigenvalue weighted by molar-refractivity contribution is -0.384. The van der Waals surface area contributed by atoms with E-state index in [1.54, 1.807) is 0 Å². The number of nitrogens with two attached hydrogens (primary N) is 1. The Morgan fingerprint density at radius 1 is 1.07 bits per heavy atom. The fourth-order valence-electron chi connectivity index (χ4n) is 3.84. The van der Waals surface area contributed by atoms with E-state index < -0.39 is 53.3 Å². The van der Waals surface area contributed by atoms with Gasteiger partial charge in [-0.3, -0.25) is 34.2 Å². The average molecular weight is 616 g/mol. The maximum Gasteiger partial charge on any atom is 0.397 e. The minimum Gasteiger partial charge on any atom is -0.454 e. The number of esters is 1. The lowest BCUT2D eigenvalue weighted by atomic mass is 9.98. The summed E-state index contributed by atoms with van der Waals surface area (Å²) in [6.45, 7) is 10.2. The number of hydrogen-bond donors (Lipinski definition) is 1. The van der Waals surface area contributed by atoms with E-state index in [0.29, 0.717) is 17.3 Å². The minimum absolute atomic E-state index is 0.0881. The third-order valence-corrected chi connectivity index (χ3v) is 13.1. The molecule has 12 nitrogen and oxygen atoms in total. The maximum absolute atomic E-state index is 13.1. The molecule has 3 amide bonds. The van der Waals surface area contributed by atoms with Crippen molar-refractivity contribution in [3.8, 4) is 0 Å². The molecular weight excluding hydrogens is 582 g/mol. The summed E-state index contributed by atoms with van der Waals surface area (Å²) < 4.78 is 11.3. The number of benzene rings is 2. The molecule has 1 fully saturated rings. The summed E-state index contributed by atoms with van der Waals surface area (Å²) in [6.07, 6.45) is 0.186. The lowest BCUT2D eigenvalue weighted by Crippen LogP contribution is -2.67. The van der Waals surface area contributed by atoms with Crippen LogP contribution in [0.1, 0.15) is 53.5 Å². The van der Waals surface area contributed by atoms with Gasteiger partial charge in [0.05, 0.1) is 11.0 Å². The number of imide groups is 1. The van der Waals surface area contributed by atoms with Gasteiger partial charge in [0, 0.05) is 29.9 Å². The summed E-state index contributed by atoms with van der Waals surface area (Å²) >= 11 is 0.700. The van der Waals surface area contributed by atoms with E-state index in [1.165, 1.54) is 48.5 Å². The molecule has 1 heterocycles. The molecule has 1 aliphatic heterocycles. The number of β-lactam (4-membered cyclic amide) rings is 1. The van der Waals surface area contributed by atoms with Crippen molar-refractivity contribution >= 4 is 54.6 Å². The Labute approximate surface area is 248 Å². The number of ether oxygens (including phenoxy) is 1. The van der Waals surface area contributed by atoms with Crippen molar-refractivity contribution in [2.45, 2.75) is 63.2 Å². The number of rotatable bonds is 10. The number of nitrogens with zero attached hydrogens (tertiary/aromatic N) is 2. The molecule has 0 spiro atoms. The van der Waals surface area contributed by atoms with Crippen molar-refractivity contribution in [3.63, 3.8) is 0 Å². The highest BCUT2D eigenvalue weighted by molar-refractivity contribution is 8.15. The fourth-order valence-corrected chi connectivity index (χ4v) is 6.02. The SMILES string of the molecule is CC(C)(C)[Si](C)(C)OCC[C@@H]1[C@H](SC(=O)c2cccc(C(N)=O)c2)C(=O)N1C(=O)C(=O)OCc1ccc([N+](=O)[O-])cc1. The molecular formula is C28H33N3O9SSi. The van der Waals surface area contributed by atoms with E-state index in [0.717, 1.165) is 4.90 Å². The van der Waals surface area contributed by atoms with Crippen LogP contribution in [0.15, 0.2) is 48.5 Å². The first-order valence-corrected chi connectivity index (χ1v) is 16.8. The Kier molecular flexibility index (Phi) is 10.1. The maximum atomic E-state index is 13.1. The van der Waals surface area contributed by atoms with Gasteiger partial charge in [-0.15, -0.1) is 0 Å². The van der Waals surface area contributed by atoms with Crippen LogP contribution in [0.3, 0.4) is 0 Å². The zero-order valence-corrected chi connectivity index (χ0v) is 25.8. The highest BCUT2D eigenvalue weighted by Crippen LogP contribution is 2.39. The van der Waals surface area contributed by atoms with E-state index in [9.17, 15) is 34.1 Å². The third kappa shape index (κ3) is 7.49. The summed E-state index contributed by atoms with van der Waals surface area (Å²) in [5.74, 6) is -3.90. The van der Waals surface area contributed by atoms with Gasteiger partial charge in [0.25, 0.3) is 5.69 Å². The van der Waals surface area contributed by atoms with E-state index >= 15 is 0 Å². The lowest BCUT2D eigenvalue weighted by Gasteiger charge is -2.45. The van der Waals surface area contributed by atoms with Crippen LogP contribution in [-0.2, 0) is 30.2 Å². The van der Waals surface area contributed by atoms with Crippen LogP contribution in [0.5, 0.6) is 0 Å². The molecule has 42 heavy (non-hydrogen) atoms. The van der Waals surface area contributed by atoms with Crippen molar-refractivity contribution < 1.29 is 38.1 Å². The quantitative estimate of drug-likeness (QED) is 0.103. The topological polar surface area (TPSA) is 176 Å². The van der Waals surface area contributed by atoms with Crippen molar-refractivity contribution in [2.75, 3.05) is 6.61 Å². The predicted molar refractivity (Wildman–Crippen MR) is 157 cm³/mol. The molecule has 3 rings (SSSR count). The van der Waals surface area contributed by atoms with Crippen LogP contribution in [0.4, 0.5) is 5.69 Å². The third-order valence-electron chi connectivity index (χ3n) is 7.37. The molecule has 0 aromatic heterocycles. The van der Waals surface area contributed by atoms with Crippen LogP contribution in [0.2, 0.25) is 18.1 Å². The first-order chi connectivity index (χ1) is 19.5. The highest BCUT2D eigenvalue weighted by Gasteiger charge is 2.53. The van der Waals surface area contributed by atoms with Crippen LogP contribution in [-0.4, -0.2) is 64.8 Å². The normalized spacial score (nSPS) is 16.9. The van der Waals surface area contributed by atoms with Crippen LogP contribution in [0, 0.1) is 10.1 Å². The number of carbonyl (C=O) groups excluding carboxylic acids is 5. The van der Waals surface area contributed by atoms with Crippen LogP contribution >= 0.6 is 11.8 Å². The van der Waals surface area contributed by atoms with E-state index in [4.69, 9.17) is 14.9 Å². The summed E-state index contributed by atoms with van der Waals surface area (Å²) in [4.78, 5) is 74.3. The number of nitro benzene ring substituents is 1. The molecule has 0 bridgehead atoms. The molecule has 0 radical (unpaired) electrons. The second-order valence-corrected chi connectivity index (χ2v) is 17.2. The Morgan fingerprint density at radius 2 is 1.69 bits per heavy atom. The molecule has 2 aromatic carbocycles. The standard InChI is InChI=1S/C28H33N3O9SSi/c1-28(2,3)42(4,5)40-14-13-21-22(41-27(36)19-8-6-7-18(15-19)23(29)32)24(33)30(21)25(34)26(35)39-16-17-9-11-20(12-10-17)31(37)38/h6-12,15,21-22H,13-14,16H2,1-5H3,(H2,29,32)/t21-,22+/m1/s1. The first-order valence-electron chi connectivity index (χ1n) is 13.1. The Hall–Kier alpha value is -3.88. The number of hydrogen-bond acceptors (Lipinski definition) is 10. The van der Waals surface area contributed by atoms with Gasteiger partial charge in [-0.05, 0) is 54.4 Å². The molecule has 14 heteroatoms. The Balaban J connectivity index is 1.74. The van der Waals surface area contributed by atoms with E-state index in [-0.39, 0.29) is 41.5 Å². The molecule has 224 valence electrons. The molecule has 0 aliphatic carbocycles. The van der Waals surface area contributed by atoms with Crippen molar-refractivity contribution in [2.24, 2.45) is 5.73 Å². The number of amides is 3. The van der Waals surface area contributed by atoms with Crippen molar-refractivity contribution in [1.82, 2.24) is 4.90 Å². The zero-order chi connectivity index (χ0) is 31.4. The summed E-state index contributed by atoms with van der Waals surface area (Å²) in [5.41, 5.74) is 5.87. The average Bonchev–Trinajstić information content (AvgIpc) is 2.93. The van der Waals surface area contributed by atoms with Gasteiger partial charge in [-0.25, -0.2) is 4.79 Å². The van der Waals surface area contributed by atoms with E-state index in [1.807, 2.05) is 0 Å². The minimum atomic E-state index is -2.17. The van der Waals surface area contributed by atoms with Gasteiger partial charge in [0.1, 0.15) is 11.9 Å². The van der Waals surface area contributed by atoms with Gasteiger partial charge < -0.3 is 14.9 Å². The fraction of sp³-hybridized carbons (Fsp3) is 0.393. The second kappa shape index (κ2) is 13.0. The van der Waals surface area contributed by atoms with Gasteiger partial charge in [0.15, 0.2) is 8.32 Å². The van der Waals surface area contributed by atoms with Gasteiger partial charge in [-0.1, -0.05) is 44.7 Å². The molecule has 1 saturated heterocycles. The number of primary amides is 1. The van der Waals surface area contributed by atoms with Crippen molar-refractivity contribution in [1.29, 1.82) is 0 Å². The summed E-state index contributed by atoms with van der Waals surface area (Å²) in [5, 5.41) is 9.27. The van der Waals surface area contributed by atoms with Gasteiger partial charge >= 0.3 is 11.9 Å². The predicted octanol–water partition coefficient (Wildman–Crippen LogP) is 3.83. The second-order valence-electron chi connectivity index (χ2n) is 11.2. The van der Waals surface area contributed by atoms with Crippen LogP contribution < -0.4 is 5.73 Å². The number of thioether (sulfide) groups is 1.